The van der Waals surface area contributed by atoms with E-state index < -0.39 is 12.0 Å². The van der Waals surface area contributed by atoms with Gasteiger partial charge in [0.25, 0.3) is 0 Å². The first-order chi connectivity index (χ1) is 8.16. The Morgan fingerprint density at radius 1 is 1.53 bits per heavy atom. The number of hydrogen-bond donors (Lipinski definition) is 2. The third-order valence-electron chi connectivity index (χ3n) is 2.12. The van der Waals surface area contributed by atoms with E-state index in [1.54, 1.807) is 36.0 Å². The van der Waals surface area contributed by atoms with E-state index >= 15 is 0 Å². The van der Waals surface area contributed by atoms with Gasteiger partial charge in [-0.25, -0.2) is 4.79 Å². The summed E-state index contributed by atoms with van der Waals surface area (Å²) in [5.41, 5.74) is 2.27. The van der Waals surface area contributed by atoms with E-state index in [1.807, 2.05) is 0 Å². The minimum absolute atomic E-state index is 0.559. The number of hydrogen-bond acceptors (Lipinski definition) is 4. The molecule has 1 heterocycles. The van der Waals surface area contributed by atoms with Crippen molar-refractivity contribution in [2.45, 2.75) is 6.04 Å². The van der Waals surface area contributed by atoms with Crippen molar-refractivity contribution in [1.82, 2.24) is 4.98 Å². The molecule has 2 aromatic rings. The van der Waals surface area contributed by atoms with Gasteiger partial charge in [0.1, 0.15) is 0 Å². The van der Waals surface area contributed by atoms with Gasteiger partial charge in [-0.2, -0.15) is 0 Å². The van der Waals surface area contributed by atoms with E-state index in [9.17, 15) is 4.79 Å². The summed E-state index contributed by atoms with van der Waals surface area (Å²) >= 11 is 7.13. The monoisotopic (exact) mass is 268 g/mol. The van der Waals surface area contributed by atoms with Gasteiger partial charge in [0.05, 0.1) is 10.4 Å². The molecule has 88 valence electrons. The van der Waals surface area contributed by atoms with Crippen LogP contribution < -0.4 is 5.32 Å². The maximum Gasteiger partial charge on any atom is 0.331 e. The number of aromatic nitrogens is 1. The number of nitrogens with one attached hydrogen (secondary N) is 1. The van der Waals surface area contributed by atoms with Crippen LogP contribution in [0.15, 0.2) is 36.0 Å². The largest absolute Gasteiger partial charge is 0.479 e. The summed E-state index contributed by atoms with van der Waals surface area (Å²) in [6, 6.07) is 6.13. The molecule has 17 heavy (non-hydrogen) atoms. The highest BCUT2D eigenvalue weighted by Crippen LogP contribution is 2.24. The second-order valence-electron chi connectivity index (χ2n) is 3.33. The normalized spacial score (nSPS) is 12.1. The van der Waals surface area contributed by atoms with Gasteiger partial charge in [-0.05, 0) is 18.2 Å². The van der Waals surface area contributed by atoms with Gasteiger partial charge in [-0.15, -0.1) is 11.3 Å². The minimum atomic E-state index is -0.950. The zero-order valence-corrected chi connectivity index (χ0v) is 10.2. The number of nitrogens with zero attached hydrogens (tertiary/aromatic N) is 1. The number of thiazole rings is 1. The first-order valence-electron chi connectivity index (χ1n) is 4.80. The molecule has 0 aliphatic carbocycles. The first-order valence-corrected chi connectivity index (χ1v) is 6.06. The van der Waals surface area contributed by atoms with Gasteiger partial charge in [0.15, 0.2) is 6.04 Å². The molecule has 6 heteroatoms. The van der Waals surface area contributed by atoms with E-state index in [1.165, 1.54) is 11.3 Å². The summed E-state index contributed by atoms with van der Waals surface area (Å²) in [5.74, 6) is -0.950. The Kier molecular flexibility index (Phi) is 3.61. The molecule has 1 unspecified atom stereocenters. The van der Waals surface area contributed by atoms with Crippen LogP contribution >= 0.6 is 22.9 Å². The van der Waals surface area contributed by atoms with Crippen LogP contribution in [-0.2, 0) is 4.79 Å². The lowest BCUT2D eigenvalue weighted by Gasteiger charge is -2.13. The molecule has 0 aliphatic heterocycles. The van der Waals surface area contributed by atoms with Gasteiger partial charge < -0.3 is 10.4 Å². The zero-order chi connectivity index (χ0) is 12.3. The Balaban J connectivity index is 2.22. The van der Waals surface area contributed by atoms with E-state index in [-0.39, 0.29) is 0 Å². The lowest BCUT2D eigenvalue weighted by atomic mass is 10.2. The van der Waals surface area contributed by atoms with Crippen LogP contribution in [0.4, 0.5) is 5.69 Å². The van der Waals surface area contributed by atoms with Gasteiger partial charge >= 0.3 is 5.97 Å². The molecule has 0 saturated carbocycles. The van der Waals surface area contributed by atoms with E-state index in [2.05, 4.69) is 10.3 Å². The highest BCUT2D eigenvalue weighted by molar-refractivity contribution is 7.09. The number of carbonyl (C=O) groups is 1. The van der Waals surface area contributed by atoms with Crippen molar-refractivity contribution in [3.63, 3.8) is 0 Å². The van der Waals surface area contributed by atoms with E-state index in [4.69, 9.17) is 16.7 Å². The Hall–Kier alpha value is -1.59. The average Bonchev–Trinajstić information content (AvgIpc) is 2.78. The van der Waals surface area contributed by atoms with Crippen LogP contribution in [0.3, 0.4) is 0 Å². The quantitative estimate of drug-likeness (QED) is 0.895. The van der Waals surface area contributed by atoms with Crippen molar-refractivity contribution < 1.29 is 9.90 Å². The highest BCUT2D eigenvalue weighted by Gasteiger charge is 2.21. The second kappa shape index (κ2) is 5.16. The summed E-state index contributed by atoms with van der Waals surface area (Å²) < 4.78 is 0. The van der Waals surface area contributed by atoms with Crippen LogP contribution in [-0.4, -0.2) is 16.1 Å². The van der Waals surface area contributed by atoms with Crippen LogP contribution in [0.5, 0.6) is 0 Å². The number of benzene rings is 1. The third kappa shape index (κ3) is 2.95. The maximum atomic E-state index is 11.2. The van der Waals surface area contributed by atoms with Crippen LogP contribution in [0.25, 0.3) is 0 Å². The van der Waals surface area contributed by atoms with Crippen LogP contribution in [0.1, 0.15) is 10.9 Å². The third-order valence-corrected chi connectivity index (χ3v) is 3.19. The maximum absolute atomic E-state index is 11.2. The van der Waals surface area contributed by atoms with Crippen molar-refractivity contribution in [1.29, 1.82) is 0 Å². The molecule has 0 amide bonds. The minimum Gasteiger partial charge on any atom is -0.479 e. The number of carboxylic acid groups (broad SMARTS) is 1. The van der Waals surface area contributed by atoms with Crippen molar-refractivity contribution in [3.05, 3.63) is 45.9 Å². The SMILES string of the molecule is O=C(O)C(Nc1cccc(Cl)c1)c1cncs1. The number of carboxylic acids is 1. The van der Waals surface area contributed by atoms with Crippen molar-refractivity contribution in [2.24, 2.45) is 0 Å². The van der Waals surface area contributed by atoms with Crippen molar-refractivity contribution >= 4 is 34.6 Å². The molecule has 2 rings (SSSR count). The summed E-state index contributed by atoms with van der Waals surface area (Å²) in [5, 5.41) is 12.6. The van der Waals surface area contributed by atoms with E-state index in [0.29, 0.717) is 15.6 Å². The molecular weight excluding hydrogens is 260 g/mol. The molecule has 0 bridgehead atoms. The zero-order valence-electron chi connectivity index (χ0n) is 8.63. The molecule has 1 atom stereocenters. The lowest BCUT2D eigenvalue weighted by molar-refractivity contribution is -0.138. The molecule has 4 nitrogen and oxygen atoms in total. The van der Waals surface area contributed by atoms with Gasteiger partial charge in [-0.1, -0.05) is 17.7 Å². The predicted molar refractivity (Wildman–Crippen MR) is 67.6 cm³/mol. The Morgan fingerprint density at radius 3 is 2.94 bits per heavy atom. The molecule has 0 fully saturated rings. The predicted octanol–water partition coefficient (Wildman–Crippen LogP) is 3.03. The van der Waals surface area contributed by atoms with Crippen LogP contribution in [0.2, 0.25) is 5.02 Å². The number of halogens is 1. The fourth-order valence-corrected chi connectivity index (χ4v) is 2.22. The van der Waals surface area contributed by atoms with Gasteiger partial charge in [-0.3, -0.25) is 4.98 Å². The highest BCUT2D eigenvalue weighted by atomic mass is 35.5. The Labute approximate surface area is 107 Å². The number of aliphatic carboxylic acids is 1. The van der Waals surface area contributed by atoms with Gasteiger partial charge in [0, 0.05) is 16.9 Å². The summed E-state index contributed by atoms with van der Waals surface area (Å²) in [6.07, 6.45) is 1.54. The lowest BCUT2D eigenvalue weighted by Crippen LogP contribution is -2.19. The average molecular weight is 269 g/mol. The fourth-order valence-electron chi connectivity index (χ4n) is 1.37. The molecule has 0 aliphatic rings. The number of anilines is 1. The Morgan fingerprint density at radius 2 is 2.35 bits per heavy atom. The molecule has 0 spiro atoms. The summed E-state index contributed by atoms with van der Waals surface area (Å²) in [6.45, 7) is 0. The topological polar surface area (TPSA) is 62.2 Å². The molecular formula is C11H9ClN2O2S. The van der Waals surface area contributed by atoms with Crippen molar-refractivity contribution in [2.75, 3.05) is 5.32 Å². The first kappa shape index (κ1) is 11.9. The van der Waals surface area contributed by atoms with Crippen LogP contribution in [0, 0.1) is 0 Å². The van der Waals surface area contributed by atoms with E-state index in [0.717, 1.165) is 0 Å². The smallest absolute Gasteiger partial charge is 0.331 e. The molecule has 2 N–H and O–H groups in total. The second-order valence-corrected chi connectivity index (χ2v) is 4.68. The molecule has 1 aromatic heterocycles. The standard InChI is InChI=1S/C11H9ClN2O2S/c12-7-2-1-3-8(4-7)14-10(11(15)16)9-5-13-6-17-9/h1-6,10,14H,(H,15,16). The molecule has 0 saturated heterocycles. The summed E-state index contributed by atoms with van der Waals surface area (Å²) in [4.78, 5) is 15.7. The molecule has 0 radical (unpaired) electrons. The molecule has 1 aromatic carbocycles. The fraction of sp³-hybridized carbons (Fsp3) is 0.0909. The van der Waals surface area contributed by atoms with Crippen molar-refractivity contribution in [3.8, 4) is 0 Å². The number of rotatable bonds is 4. The Bertz CT molecular complexity index is 516. The summed E-state index contributed by atoms with van der Waals surface area (Å²) in [7, 11) is 0. The van der Waals surface area contributed by atoms with Gasteiger partial charge in [0.2, 0.25) is 0 Å².